The van der Waals surface area contributed by atoms with E-state index in [4.69, 9.17) is 17.2 Å². The van der Waals surface area contributed by atoms with Gasteiger partial charge in [0, 0.05) is 46.9 Å². The van der Waals surface area contributed by atoms with E-state index in [-0.39, 0.29) is 82.2 Å². The second-order valence-corrected chi connectivity index (χ2v) is 33.3. The number of amides is 13. The molecule has 0 bridgehead atoms. The third-order valence-corrected chi connectivity index (χ3v) is 23.3. The molecule has 0 radical (unpaired) electrons. The average Bonchev–Trinajstić information content (AvgIpc) is 1.20. The van der Waals surface area contributed by atoms with Crippen molar-refractivity contribution in [2.45, 2.75) is 241 Å². The Bertz CT molecular complexity index is 4140. The highest BCUT2D eigenvalue weighted by molar-refractivity contribution is 8.77. The van der Waals surface area contributed by atoms with Crippen LogP contribution in [-0.2, 0) is 99.1 Å². The van der Waals surface area contributed by atoms with Gasteiger partial charge in [-0.2, -0.15) is 0 Å². The Hall–Kier alpha value is -11.2. The number of hydrogen-bond acceptors (Lipinski definition) is 25. The van der Waals surface area contributed by atoms with Gasteiger partial charge in [0.25, 0.3) is 0 Å². The van der Waals surface area contributed by atoms with Crippen molar-refractivity contribution in [3.8, 4) is 5.75 Å². The first-order chi connectivity index (χ1) is 57.0. The SMILES string of the molecule is CC[C@H](C)[C@@H]1NC(=O)[C@H](CC(=O)O)NC(=O)[C@H](CC(=O)O)NC(=O)[C@H](N)C(C)(C)SSC[C@H](C(=O)O)NC(=O)[C@H](CC(=O)O)NC(=O)[C@H](Cc2ccc(O)cc2)NC(=O)[C@H]([C@@H](C)CC)NC(=O)[C@H](CO)NC(=O)[C@H](C(C)C)NC(=O)[C@H](CCCCN)NC(=O)[C@H](CCC(=O)O)NC(=O)[C@H](Cc2c[nH]c3ccccc23)NC(=O)[C@H](CCCCN)NC1=O. The molecule has 2 heterocycles. The molecule has 13 amide bonds. The van der Waals surface area contributed by atoms with E-state index in [0.717, 1.165) is 10.8 Å². The molecule has 1 aliphatic heterocycles. The highest BCUT2D eigenvalue weighted by Crippen LogP contribution is 2.38. The molecule has 2 aromatic carbocycles. The van der Waals surface area contributed by atoms with Gasteiger partial charge >= 0.3 is 29.8 Å². The summed E-state index contributed by atoms with van der Waals surface area (Å²) in [6.07, 6.45) is -3.73. The summed E-state index contributed by atoms with van der Waals surface area (Å²) in [5, 5.41) is 103. The van der Waals surface area contributed by atoms with E-state index >= 15 is 4.79 Å². The van der Waals surface area contributed by atoms with E-state index in [1.54, 1.807) is 38.1 Å². The fourth-order valence-electron chi connectivity index (χ4n) is 12.4. The van der Waals surface area contributed by atoms with Crippen LogP contribution >= 0.6 is 21.6 Å². The maximum atomic E-state index is 15.1. The van der Waals surface area contributed by atoms with Gasteiger partial charge in [0.2, 0.25) is 76.8 Å². The third kappa shape index (κ3) is 33.4. The monoisotopic (exact) mass is 1740 g/mol. The standard InChI is InChI=1S/C77H115N17O25S2/c1-9-38(5)60-73(115)84-45(19-13-15-27-78)63(105)85-49(30-41-34-81-44-18-12-11-17-43(41)44)67(109)83-47(25-26-55(97)98)64(106)82-46(20-14-16-28-79)65(107)92-59(37(3)4)72(114)90-53(35-95)71(113)94-61(39(6)10-2)74(116)88-48(29-40-21-23-42(96)24-22-40)66(108)86-50(31-56(99)100)69(111)91-54(76(118)119)36-120-121-77(7,8)62(80)75(117)89-51(32-57(101)102)68(110)87-52(33-58(103)104)70(112)93-60/h11-12,17-18,21-24,34,37-39,45-54,59-62,81,95-96H,9-10,13-16,19-20,25-33,35-36,78-80H2,1-8H3,(H,82,106)(H,83,109)(H,84,115)(H,85,105)(H,86,108)(H,87,110)(H,88,116)(H,89,117)(H,90,114)(H,91,111)(H,92,107)(H,93,112)(H,94,113)(H,97,98)(H,99,100)(H,101,102)(H,103,104)(H,118,119)/t38-,39-,45-,46-,47-,48-,49-,50-,51-,52-,53-,54+,59-,60-,61-,62-/m0/s1. The maximum Gasteiger partial charge on any atom is 0.327 e. The maximum absolute atomic E-state index is 15.1. The number of para-hydroxylation sites is 1. The number of carbonyl (C=O) groups excluding carboxylic acids is 13. The van der Waals surface area contributed by atoms with Crippen molar-refractivity contribution in [3.63, 3.8) is 0 Å². The molecule has 1 fully saturated rings. The van der Waals surface area contributed by atoms with E-state index in [0.29, 0.717) is 27.3 Å². The molecule has 0 spiro atoms. The number of aromatic nitrogens is 1. The molecule has 0 aliphatic carbocycles. The minimum absolute atomic E-state index is 0.0888. The predicted octanol–water partition coefficient (Wildman–Crippen LogP) is -3.17. The van der Waals surface area contributed by atoms with Crippen LogP contribution < -0.4 is 86.3 Å². The van der Waals surface area contributed by atoms with E-state index in [1.165, 1.54) is 72.0 Å². The van der Waals surface area contributed by atoms with Crippen LogP contribution in [0.5, 0.6) is 5.75 Å². The molecule has 0 saturated carbocycles. The highest BCUT2D eigenvalue weighted by atomic mass is 33.1. The van der Waals surface area contributed by atoms with Crippen molar-refractivity contribution >= 4 is 139 Å². The van der Waals surface area contributed by atoms with Gasteiger partial charge in [0.15, 0.2) is 0 Å². The quantitative estimate of drug-likeness (QED) is 0.0252. The number of H-pyrrole nitrogens is 1. The second kappa shape index (κ2) is 50.1. The van der Waals surface area contributed by atoms with Gasteiger partial charge < -0.3 is 127 Å². The van der Waals surface area contributed by atoms with Crippen LogP contribution in [0.3, 0.4) is 0 Å². The van der Waals surface area contributed by atoms with E-state index in [9.17, 15) is 117 Å². The van der Waals surface area contributed by atoms with Crippen LogP contribution in [0.25, 0.3) is 10.9 Å². The Morgan fingerprint density at radius 3 is 1.30 bits per heavy atom. The van der Waals surface area contributed by atoms with Gasteiger partial charge in [-0.15, -0.1) is 0 Å². The first kappa shape index (κ1) is 102. The summed E-state index contributed by atoms with van der Waals surface area (Å²) in [7, 11) is 1.42. The fraction of sp³-hybridized carbons (Fsp3) is 0.584. The molecule has 4 rings (SSSR count). The molecule has 42 nitrogen and oxygen atoms in total. The van der Waals surface area contributed by atoms with Crippen molar-refractivity contribution in [1.29, 1.82) is 0 Å². The molecule has 1 aromatic heterocycles. The number of aliphatic hydroxyl groups is 1. The molecule has 3 aromatic rings. The van der Waals surface area contributed by atoms with Crippen LogP contribution in [0.15, 0.2) is 54.7 Å². The van der Waals surface area contributed by atoms with Gasteiger partial charge in [-0.25, -0.2) is 4.79 Å². The zero-order valence-electron chi connectivity index (χ0n) is 68.5. The van der Waals surface area contributed by atoms with Crippen LogP contribution in [-0.4, -0.2) is 262 Å². The summed E-state index contributed by atoms with van der Waals surface area (Å²) in [4.78, 5) is 254. The number of aromatic amines is 1. The molecule has 16 atom stereocenters. The smallest absolute Gasteiger partial charge is 0.327 e. The van der Waals surface area contributed by atoms with Crippen molar-refractivity contribution in [1.82, 2.24) is 74.1 Å². The number of aromatic hydroxyl groups is 1. The number of carboxylic acids is 5. The summed E-state index contributed by atoms with van der Waals surface area (Å²) < 4.78 is -1.53. The number of aliphatic hydroxyl groups excluding tert-OH is 1. The number of carbonyl (C=O) groups is 18. The lowest BCUT2D eigenvalue weighted by Crippen LogP contribution is -2.62. The predicted molar refractivity (Wildman–Crippen MR) is 439 cm³/mol. The fourth-order valence-corrected chi connectivity index (χ4v) is 15.2. The molecule has 121 heavy (non-hydrogen) atoms. The number of nitrogens with one attached hydrogen (secondary N) is 14. The van der Waals surface area contributed by atoms with E-state index in [1.807, 2.05) is 0 Å². The molecular formula is C77H115N17O25S2. The largest absolute Gasteiger partial charge is 0.508 e. The highest BCUT2D eigenvalue weighted by Gasteiger charge is 2.42. The lowest BCUT2D eigenvalue weighted by Gasteiger charge is -2.31. The van der Waals surface area contributed by atoms with Crippen molar-refractivity contribution in [3.05, 3.63) is 65.9 Å². The van der Waals surface area contributed by atoms with Gasteiger partial charge in [0.1, 0.15) is 84.3 Å². The Morgan fingerprint density at radius 2 is 0.835 bits per heavy atom. The zero-order valence-corrected chi connectivity index (χ0v) is 70.1. The Kier molecular flexibility index (Phi) is 42.3. The van der Waals surface area contributed by atoms with E-state index in [2.05, 4.69) is 74.1 Å². The summed E-state index contributed by atoms with van der Waals surface area (Å²) in [5.74, 6) is -27.1. The number of phenols is 1. The number of hydrogen-bond donors (Lipinski definition) is 24. The van der Waals surface area contributed by atoms with Crippen LogP contribution in [0, 0.1) is 17.8 Å². The Morgan fingerprint density at radius 1 is 0.455 bits per heavy atom. The molecule has 0 unspecified atom stereocenters. The van der Waals surface area contributed by atoms with Crippen LogP contribution in [0.2, 0.25) is 0 Å². The number of benzene rings is 2. The number of carboxylic acid groups (broad SMARTS) is 5. The number of phenolic OH excluding ortho intramolecular Hbond substituents is 1. The van der Waals surface area contributed by atoms with Crippen LogP contribution in [0.4, 0.5) is 0 Å². The lowest BCUT2D eigenvalue weighted by molar-refractivity contribution is -0.143. The van der Waals surface area contributed by atoms with Crippen molar-refractivity contribution < 1.29 is 122 Å². The number of fused-ring (bicyclic) bond motifs is 1. The summed E-state index contributed by atoms with van der Waals surface area (Å²) in [5.41, 5.74) is 19.4. The third-order valence-electron chi connectivity index (χ3n) is 20.0. The minimum Gasteiger partial charge on any atom is -0.508 e. The topological polar surface area (TPSA) is 699 Å². The van der Waals surface area contributed by atoms with E-state index < -0.39 is 265 Å². The first-order valence-corrected chi connectivity index (χ1v) is 41.8. The molecule has 1 saturated heterocycles. The number of unbranched alkanes of at least 4 members (excludes halogenated alkanes) is 2. The minimum atomic E-state index is -2.14. The zero-order chi connectivity index (χ0) is 90.7. The summed E-state index contributed by atoms with van der Waals surface area (Å²) >= 11 is 0. The molecule has 44 heteroatoms. The van der Waals surface area contributed by atoms with Gasteiger partial charge in [0.05, 0.1) is 31.9 Å². The normalized spacial score (nSPS) is 25.2. The molecule has 27 N–H and O–H groups in total. The summed E-state index contributed by atoms with van der Waals surface area (Å²) in [6, 6.07) is -13.4. The summed E-state index contributed by atoms with van der Waals surface area (Å²) in [6.45, 7) is 10.9. The lowest BCUT2D eigenvalue weighted by atomic mass is 9.96. The van der Waals surface area contributed by atoms with Gasteiger partial charge in [-0.3, -0.25) is 81.5 Å². The van der Waals surface area contributed by atoms with Crippen molar-refractivity contribution in [2.24, 2.45) is 35.0 Å². The Labute approximate surface area is 705 Å². The van der Waals surface area contributed by atoms with Crippen LogP contribution in [0.1, 0.15) is 150 Å². The first-order valence-electron chi connectivity index (χ1n) is 39.4. The average molecular weight is 1740 g/mol. The number of rotatable bonds is 28. The molecular weight excluding hydrogens is 1630 g/mol. The number of nitrogens with two attached hydrogens (primary N) is 3. The van der Waals surface area contributed by atoms with Crippen molar-refractivity contribution in [2.75, 3.05) is 25.4 Å². The van der Waals surface area contributed by atoms with Gasteiger partial charge in [-0.1, -0.05) is 106 Å². The number of aliphatic carboxylic acids is 5. The molecule has 670 valence electrons. The molecule has 1 aliphatic rings. The Balaban J connectivity index is 1.93. The second-order valence-electron chi connectivity index (χ2n) is 30.3. The van der Waals surface area contributed by atoms with Gasteiger partial charge in [-0.05, 0) is 119 Å².